The zero-order chi connectivity index (χ0) is 13.6. The second-order valence-corrected chi connectivity index (χ2v) is 5.66. The first-order valence-corrected chi connectivity index (χ1v) is 6.40. The minimum atomic E-state index is -0.707. The Balaban J connectivity index is 1.64. The predicted octanol–water partition coefficient (Wildman–Crippen LogP) is 0.915. The standard InChI is InChI=1S/C14H16FNO3/c15-11-3-9(1-2-12(11)18)4-13(19)16-6-10-5-14(10,7-16)8-17/h1-3,10,17-18H,4-8H2/t10-,14+/m1/s1. The van der Waals surface area contributed by atoms with Crippen molar-refractivity contribution in [2.24, 2.45) is 11.3 Å². The molecule has 1 saturated heterocycles. The van der Waals surface area contributed by atoms with Gasteiger partial charge in [0.2, 0.25) is 5.91 Å². The van der Waals surface area contributed by atoms with Crippen LogP contribution >= 0.6 is 0 Å². The van der Waals surface area contributed by atoms with Crippen LogP contribution in [-0.4, -0.2) is 40.7 Å². The van der Waals surface area contributed by atoms with Crippen LogP contribution < -0.4 is 0 Å². The summed E-state index contributed by atoms with van der Waals surface area (Å²) in [6.07, 6.45) is 1.13. The van der Waals surface area contributed by atoms with E-state index in [1.807, 2.05) is 0 Å². The molecule has 1 saturated carbocycles. The molecule has 5 heteroatoms. The molecule has 2 fully saturated rings. The largest absolute Gasteiger partial charge is 0.505 e. The second kappa shape index (κ2) is 4.20. The number of aliphatic hydroxyl groups excluding tert-OH is 1. The Kier molecular flexibility index (Phi) is 2.74. The number of fused-ring (bicyclic) bond motifs is 1. The van der Waals surface area contributed by atoms with Crippen molar-refractivity contribution in [2.45, 2.75) is 12.8 Å². The summed E-state index contributed by atoms with van der Waals surface area (Å²) in [4.78, 5) is 13.8. The number of likely N-dealkylation sites (tertiary alicyclic amines) is 1. The van der Waals surface area contributed by atoms with Crippen LogP contribution in [0.5, 0.6) is 5.75 Å². The van der Waals surface area contributed by atoms with Crippen molar-refractivity contribution >= 4 is 5.91 Å². The minimum absolute atomic E-state index is 0.0508. The number of amides is 1. The highest BCUT2D eigenvalue weighted by molar-refractivity contribution is 5.79. The highest BCUT2D eigenvalue weighted by Gasteiger charge is 2.60. The molecule has 3 rings (SSSR count). The zero-order valence-electron chi connectivity index (χ0n) is 10.5. The van der Waals surface area contributed by atoms with Crippen LogP contribution in [0, 0.1) is 17.2 Å². The summed E-state index contributed by atoms with van der Waals surface area (Å²) in [7, 11) is 0. The van der Waals surface area contributed by atoms with E-state index in [0.29, 0.717) is 24.6 Å². The van der Waals surface area contributed by atoms with Gasteiger partial charge in [0.1, 0.15) is 0 Å². The van der Waals surface area contributed by atoms with E-state index in [1.54, 1.807) is 11.0 Å². The molecule has 19 heavy (non-hydrogen) atoms. The van der Waals surface area contributed by atoms with Gasteiger partial charge in [-0.05, 0) is 30.0 Å². The molecule has 0 radical (unpaired) electrons. The van der Waals surface area contributed by atoms with E-state index >= 15 is 0 Å². The molecule has 2 atom stereocenters. The lowest BCUT2D eigenvalue weighted by molar-refractivity contribution is -0.130. The molecular weight excluding hydrogens is 249 g/mol. The van der Waals surface area contributed by atoms with Gasteiger partial charge in [-0.3, -0.25) is 4.79 Å². The molecule has 0 unspecified atom stereocenters. The second-order valence-electron chi connectivity index (χ2n) is 5.66. The first-order valence-electron chi connectivity index (χ1n) is 6.40. The molecule has 0 spiro atoms. The van der Waals surface area contributed by atoms with Crippen molar-refractivity contribution in [1.82, 2.24) is 4.90 Å². The van der Waals surface area contributed by atoms with E-state index in [0.717, 1.165) is 6.42 Å². The Labute approximate surface area is 110 Å². The molecule has 1 heterocycles. The lowest BCUT2D eigenvalue weighted by Crippen LogP contribution is -2.33. The smallest absolute Gasteiger partial charge is 0.227 e. The van der Waals surface area contributed by atoms with E-state index in [2.05, 4.69) is 0 Å². The summed E-state index contributed by atoms with van der Waals surface area (Å²) in [5.41, 5.74) is 0.495. The molecule has 4 nitrogen and oxygen atoms in total. The van der Waals surface area contributed by atoms with Gasteiger partial charge in [0.25, 0.3) is 0 Å². The number of rotatable bonds is 3. The lowest BCUT2D eigenvalue weighted by atomic mass is 10.1. The Morgan fingerprint density at radius 1 is 1.53 bits per heavy atom. The number of phenolic OH excluding ortho intramolecular Hbond substituents is 1. The molecule has 0 bridgehead atoms. The molecule has 2 N–H and O–H groups in total. The van der Waals surface area contributed by atoms with Gasteiger partial charge in [0, 0.05) is 18.5 Å². The normalized spacial score (nSPS) is 28.3. The van der Waals surface area contributed by atoms with E-state index in [9.17, 15) is 14.3 Å². The van der Waals surface area contributed by atoms with Gasteiger partial charge in [-0.1, -0.05) is 6.07 Å². The number of carbonyl (C=O) groups is 1. The van der Waals surface area contributed by atoms with Gasteiger partial charge in [0.15, 0.2) is 11.6 Å². The number of phenols is 1. The van der Waals surface area contributed by atoms with Gasteiger partial charge in [0.05, 0.1) is 13.0 Å². The number of hydrogen-bond acceptors (Lipinski definition) is 3. The Hall–Kier alpha value is -1.62. The fourth-order valence-corrected chi connectivity index (χ4v) is 2.97. The van der Waals surface area contributed by atoms with Crippen LogP contribution in [0.15, 0.2) is 18.2 Å². The number of aromatic hydroxyl groups is 1. The van der Waals surface area contributed by atoms with Crippen LogP contribution in [0.3, 0.4) is 0 Å². The van der Waals surface area contributed by atoms with Crippen molar-refractivity contribution in [1.29, 1.82) is 0 Å². The predicted molar refractivity (Wildman–Crippen MR) is 66.0 cm³/mol. The van der Waals surface area contributed by atoms with Gasteiger partial charge < -0.3 is 15.1 Å². The summed E-state index contributed by atoms with van der Waals surface area (Å²) in [6, 6.07) is 4.00. The molecule has 102 valence electrons. The molecule has 2 aliphatic rings. The Bertz CT molecular complexity index is 529. The highest BCUT2D eigenvalue weighted by atomic mass is 19.1. The molecular formula is C14H16FNO3. The Morgan fingerprint density at radius 3 is 2.95 bits per heavy atom. The SMILES string of the molecule is O=C(Cc1ccc(O)c(F)c1)N1C[C@H]2C[C@@]2(CO)C1. The van der Waals surface area contributed by atoms with E-state index in [1.165, 1.54) is 12.1 Å². The third kappa shape index (κ3) is 2.08. The first-order chi connectivity index (χ1) is 9.04. The fraction of sp³-hybridized carbons (Fsp3) is 0.500. The molecule has 1 aromatic rings. The molecule has 1 aliphatic heterocycles. The monoisotopic (exact) mass is 265 g/mol. The topological polar surface area (TPSA) is 60.8 Å². The number of carbonyl (C=O) groups excluding carboxylic acids is 1. The van der Waals surface area contributed by atoms with Gasteiger partial charge >= 0.3 is 0 Å². The molecule has 1 amide bonds. The van der Waals surface area contributed by atoms with Gasteiger partial charge in [-0.25, -0.2) is 4.39 Å². The summed E-state index contributed by atoms with van der Waals surface area (Å²) in [5, 5.41) is 18.4. The third-order valence-corrected chi connectivity index (χ3v) is 4.34. The van der Waals surface area contributed by atoms with E-state index in [4.69, 9.17) is 5.11 Å². The maximum absolute atomic E-state index is 13.2. The van der Waals surface area contributed by atoms with E-state index in [-0.39, 0.29) is 24.3 Å². The summed E-state index contributed by atoms with van der Waals surface area (Å²) in [5.74, 6) is -0.734. The number of aliphatic hydroxyl groups is 1. The number of hydrogen-bond donors (Lipinski definition) is 2. The molecule has 0 aromatic heterocycles. The van der Waals surface area contributed by atoms with Gasteiger partial charge in [-0.15, -0.1) is 0 Å². The molecule has 1 aromatic carbocycles. The van der Waals surface area contributed by atoms with Crippen LogP contribution in [-0.2, 0) is 11.2 Å². The average Bonchev–Trinajstić information content (AvgIpc) is 2.96. The summed E-state index contributed by atoms with van der Waals surface area (Å²) >= 11 is 0. The van der Waals surface area contributed by atoms with Crippen molar-refractivity contribution in [3.63, 3.8) is 0 Å². The van der Waals surface area contributed by atoms with Crippen LogP contribution in [0.2, 0.25) is 0 Å². The zero-order valence-corrected chi connectivity index (χ0v) is 10.5. The minimum Gasteiger partial charge on any atom is -0.505 e. The quantitative estimate of drug-likeness (QED) is 0.854. The fourth-order valence-electron chi connectivity index (χ4n) is 2.97. The lowest BCUT2D eigenvalue weighted by Gasteiger charge is -2.20. The first kappa shape index (κ1) is 12.4. The maximum atomic E-state index is 13.2. The van der Waals surface area contributed by atoms with Crippen molar-refractivity contribution in [3.8, 4) is 5.75 Å². The summed E-state index contributed by atoms with van der Waals surface area (Å²) in [6.45, 7) is 1.43. The van der Waals surface area contributed by atoms with Gasteiger partial charge in [-0.2, -0.15) is 0 Å². The Morgan fingerprint density at radius 2 is 2.32 bits per heavy atom. The average molecular weight is 265 g/mol. The number of benzene rings is 1. The number of nitrogens with zero attached hydrogens (tertiary/aromatic N) is 1. The van der Waals surface area contributed by atoms with Crippen molar-refractivity contribution in [2.75, 3.05) is 19.7 Å². The van der Waals surface area contributed by atoms with E-state index < -0.39 is 11.6 Å². The maximum Gasteiger partial charge on any atom is 0.227 e. The number of piperidine rings is 1. The van der Waals surface area contributed by atoms with Crippen LogP contribution in [0.4, 0.5) is 4.39 Å². The van der Waals surface area contributed by atoms with Crippen LogP contribution in [0.1, 0.15) is 12.0 Å². The van der Waals surface area contributed by atoms with Crippen molar-refractivity contribution < 1.29 is 19.4 Å². The number of halogens is 1. The van der Waals surface area contributed by atoms with Crippen LogP contribution in [0.25, 0.3) is 0 Å². The highest BCUT2D eigenvalue weighted by Crippen LogP contribution is 2.57. The molecule has 1 aliphatic carbocycles. The van der Waals surface area contributed by atoms with Crippen molar-refractivity contribution in [3.05, 3.63) is 29.6 Å². The summed E-state index contributed by atoms with van der Waals surface area (Å²) < 4.78 is 13.2. The third-order valence-electron chi connectivity index (χ3n) is 4.34.